The number of pyridine rings is 3. The van der Waals surface area contributed by atoms with E-state index in [0.29, 0.717) is 16.5 Å². The van der Waals surface area contributed by atoms with Gasteiger partial charge in [-0.1, -0.05) is 22.9 Å². The van der Waals surface area contributed by atoms with Crippen molar-refractivity contribution in [3.05, 3.63) is 74.5 Å². The highest BCUT2D eigenvalue weighted by Crippen LogP contribution is 2.75. The minimum atomic E-state index is -2.86. The van der Waals surface area contributed by atoms with Gasteiger partial charge in [-0.15, -0.1) is 10.2 Å². The Hall–Kier alpha value is -3.77. The second-order valence-corrected chi connectivity index (χ2v) is 10.7. The number of aromatic nitrogens is 5. The van der Waals surface area contributed by atoms with E-state index in [2.05, 4.69) is 25.5 Å². The van der Waals surface area contributed by atoms with Crippen molar-refractivity contribution >= 4 is 34.0 Å². The zero-order valence-electron chi connectivity index (χ0n) is 19.8. The van der Waals surface area contributed by atoms with E-state index in [9.17, 15) is 18.4 Å². The molecule has 0 saturated heterocycles. The summed E-state index contributed by atoms with van der Waals surface area (Å²) in [7, 11) is 1.36. The van der Waals surface area contributed by atoms with Gasteiger partial charge in [0.15, 0.2) is 0 Å². The molecule has 4 aromatic rings. The van der Waals surface area contributed by atoms with Crippen molar-refractivity contribution in [2.45, 2.75) is 31.6 Å². The van der Waals surface area contributed by atoms with Gasteiger partial charge in [-0.3, -0.25) is 24.5 Å². The number of ether oxygens (including phenoxy) is 1. The van der Waals surface area contributed by atoms with Crippen LogP contribution in [0.1, 0.15) is 52.7 Å². The quantitative estimate of drug-likeness (QED) is 0.330. The molecule has 1 atom stereocenters. The first kappa shape index (κ1) is 24.6. The molecule has 2 aliphatic carbocycles. The molecule has 13 heteroatoms. The molecule has 6 rings (SSSR count). The Morgan fingerprint density at radius 2 is 2.05 bits per heavy atom. The van der Waals surface area contributed by atoms with Gasteiger partial charge in [-0.05, 0) is 48.9 Å². The van der Waals surface area contributed by atoms with E-state index in [1.54, 1.807) is 6.07 Å². The number of hydrogen-bond acceptors (Lipinski definition) is 8. The van der Waals surface area contributed by atoms with E-state index >= 15 is 0 Å². The summed E-state index contributed by atoms with van der Waals surface area (Å²) in [5.74, 6) is 0.102. The van der Waals surface area contributed by atoms with E-state index in [1.807, 2.05) is 0 Å². The van der Waals surface area contributed by atoms with Crippen LogP contribution in [0.25, 0.3) is 16.9 Å². The van der Waals surface area contributed by atoms with Gasteiger partial charge in [0.2, 0.25) is 5.13 Å². The Bertz CT molecular complexity index is 1640. The smallest absolute Gasteiger partial charge is 0.280 e. The summed E-state index contributed by atoms with van der Waals surface area (Å²) in [5.41, 5.74) is -0.215. The van der Waals surface area contributed by atoms with Crippen LogP contribution in [-0.2, 0) is 0 Å². The van der Waals surface area contributed by atoms with Crippen LogP contribution in [-0.4, -0.2) is 37.7 Å². The van der Waals surface area contributed by atoms with Gasteiger partial charge in [0, 0.05) is 29.4 Å². The summed E-state index contributed by atoms with van der Waals surface area (Å²) in [6, 6.07) is 5.58. The van der Waals surface area contributed by atoms with Crippen molar-refractivity contribution in [2.75, 3.05) is 12.4 Å². The van der Waals surface area contributed by atoms with Gasteiger partial charge in [0.1, 0.15) is 27.3 Å². The lowest BCUT2D eigenvalue weighted by atomic mass is 10.00. The Kier molecular flexibility index (Phi) is 5.95. The molecule has 0 bridgehead atoms. The fourth-order valence-corrected chi connectivity index (χ4v) is 5.72. The summed E-state index contributed by atoms with van der Waals surface area (Å²) < 4.78 is 33.7. The van der Waals surface area contributed by atoms with Crippen LogP contribution in [0.5, 0.6) is 5.75 Å². The predicted molar refractivity (Wildman–Crippen MR) is 136 cm³/mol. The minimum absolute atomic E-state index is 0.0325. The molecule has 4 aromatic heterocycles. The topological polar surface area (TPSA) is 112 Å². The summed E-state index contributed by atoms with van der Waals surface area (Å²) in [4.78, 5) is 34.1. The molecular formula is C25H19ClF2N6O3S. The maximum absolute atomic E-state index is 13.5. The van der Waals surface area contributed by atoms with E-state index in [4.69, 9.17) is 16.3 Å². The number of carbonyl (C=O) groups is 1. The fourth-order valence-electron chi connectivity index (χ4n) is 4.58. The van der Waals surface area contributed by atoms with Gasteiger partial charge in [-0.25, -0.2) is 13.8 Å². The predicted octanol–water partition coefficient (Wildman–Crippen LogP) is 5.27. The van der Waals surface area contributed by atoms with Crippen LogP contribution >= 0.6 is 22.9 Å². The number of rotatable bonds is 7. The van der Waals surface area contributed by atoms with Crippen molar-refractivity contribution in [2.24, 2.45) is 5.41 Å². The number of methoxy groups -OCH3 is 1. The van der Waals surface area contributed by atoms with Crippen LogP contribution in [0.3, 0.4) is 0 Å². The average molecular weight is 557 g/mol. The maximum Gasteiger partial charge on any atom is 0.280 e. The molecular weight excluding hydrogens is 538 g/mol. The van der Waals surface area contributed by atoms with E-state index in [0.717, 1.165) is 23.7 Å². The van der Waals surface area contributed by atoms with Gasteiger partial charge < -0.3 is 4.74 Å². The third-order valence-electron chi connectivity index (χ3n) is 6.95. The fraction of sp³-hybridized carbons (Fsp3) is 0.280. The summed E-state index contributed by atoms with van der Waals surface area (Å²) >= 11 is 7.32. The lowest BCUT2D eigenvalue weighted by Crippen LogP contribution is -2.20. The maximum atomic E-state index is 13.5. The van der Waals surface area contributed by atoms with Gasteiger partial charge >= 0.3 is 0 Å². The monoisotopic (exact) mass is 556 g/mol. The number of carbonyl (C=O) groups excluding carboxylic acids is 1. The second-order valence-electron chi connectivity index (χ2n) is 9.25. The molecule has 2 aliphatic rings. The molecule has 0 aliphatic heterocycles. The first-order valence-electron chi connectivity index (χ1n) is 11.6. The summed E-state index contributed by atoms with van der Waals surface area (Å²) in [6.45, 7) is 0. The molecule has 194 valence electrons. The van der Waals surface area contributed by atoms with Crippen LogP contribution in [0, 0.1) is 5.41 Å². The number of nitrogens with one attached hydrogen (secondary N) is 1. The molecule has 9 nitrogen and oxygen atoms in total. The first-order chi connectivity index (χ1) is 18.3. The van der Waals surface area contributed by atoms with Crippen LogP contribution in [0.15, 0.2) is 47.7 Å². The number of anilines is 1. The van der Waals surface area contributed by atoms with Gasteiger partial charge in [0.25, 0.3) is 17.9 Å². The SMILES string of the molecule is COc1cnc(C(F)F)cc1-c1cc(-n2cccc(Cl)c2=O)ncc1C(=O)Nc1nnc(C2CC23CC3)s1. The molecule has 0 radical (unpaired) electrons. The van der Waals surface area contributed by atoms with Crippen molar-refractivity contribution in [3.63, 3.8) is 0 Å². The third-order valence-corrected chi connectivity index (χ3v) is 8.19. The molecule has 1 spiro atoms. The second kappa shape index (κ2) is 9.21. The Morgan fingerprint density at radius 1 is 1.24 bits per heavy atom. The van der Waals surface area contributed by atoms with Crippen LogP contribution < -0.4 is 15.6 Å². The number of halogens is 3. The minimum Gasteiger partial charge on any atom is -0.494 e. The van der Waals surface area contributed by atoms with Crippen molar-refractivity contribution in [3.8, 4) is 22.7 Å². The van der Waals surface area contributed by atoms with E-state index in [-0.39, 0.29) is 33.3 Å². The number of alkyl halides is 2. The van der Waals surface area contributed by atoms with E-state index in [1.165, 1.54) is 60.4 Å². The molecule has 4 heterocycles. The lowest BCUT2D eigenvalue weighted by molar-refractivity contribution is 0.102. The molecule has 1 unspecified atom stereocenters. The highest BCUT2D eigenvalue weighted by atomic mass is 35.5. The highest BCUT2D eigenvalue weighted by molar-refractivity contribution is 7.15. The van der Waals surface area contributed by atoms with Crippen molar-refractivity contribution < 1.29 is 18.3 Å². The molecule has 0 aromatic carbocycles. The molecule has 38 heavy (non-hydrogen) atoms. The summed E-state index contributed by atoms with van der Waals surface area (Å²) in [6.07, 6.45) is 4.52. The van der Waals surface area contributed by atoms with E-state index < -0.39 is 23.6 Å². The van der Waals surface area contributed by atoms with Crippen LogP contribution in [0.2, 0.25) is 5.02 Å². The third kappa shape index (κ3) is 4.33. The van der Waals surface area contributed by atoms with Crippen LogP contribution in [0.4, 0.5) is 13.9 Å². The van der Waals surface area contributed by atoms with Gasteiger partial charge in [-0.2, -0.15) is 0 Å². The Morgan fingerprint density at radius 3 is 2.76 bits per heavy atom. The zero-order chi connectivity index (χ0) is 26.6. The number of nitrogens with zero attached hydrogens (tertiary/aromatic N) is 5. The Balaban J connectivity index is 1.42. The Labute approximate surface area is 223 Å². The standard InChI is InChI=1S/C25H19ClF2N6O3S/c1-37-18-11-29-17(20(27)28)7-13(18)12-8-19(34-6-2-3-16(26)23(34)36)30-10-14(12)21(35)31-24-33-32-22(38-24)15-9-25(15)4-5-25/h2-3,6-8,10-11,15,20H,4-5,9H2,1H3,(H,31,33,35). The molecule has 1 N–H and O–H groups in total. The lowest BCUT2D eigenvalue weighted by Gasteiger charge is -2.15. The first-order valence-corrected chi connectivity index (χ1v) is 12.8. The number of hydrogen-bond donors (Lipinski definition) is 1. The van der Waals surface area contributed by atoms with Crippen molar-refractivity contribution in [1.82, 2.24) is 24.7 Å². The molecule has 1 amide bonds. The van der Waals surface area contributed by atoms with Gasteiger partial charge in [0.05, 0.1) is 18.9 Å². The zero-order valence-corrected chi connectivity index (χ0v) is 21.4. The normalized spacial score (nSPS) is 17.0. The van der Waals surface area contributed by atoms with Crippen molar-refractivity contribution in [1.29, 1.82) is 0 Å². The highest BCUT2D eigenvalue weighted by Gasteiger charge is 2.64. The molecule has 2 fully saturated rings. The number of amides is 1. The summed E-state index contributed by atoms with van der Waals surface area (Å²) in [5, 5.41) is 12.3. The largest absolute Gasteiger partial charge is 0.494 e. The average Bonchev–Trinajstić information content (AvgIpc) is 3.81. The molecule has 2 saturated carbocycles.